The third kappa shape index (κ3) is 18.1. The predicted octanol–water partition coefficient (Wildman–Crippen LogP) is 0.926. The topological polar surface area (TPSA) is 147 Å². The van der Waals surface area contributed by atoms with Gasteiger partial charge in [-0.15, -0.1) is 12.4 Å². The van der Waals surface area contributed by atoms with Crippen LogP contribution < -0.4 is 5.32 Å². The molecule has 2 unspecified atom stereocenters. The summed E-state index contributed by atoms with van der Waals surface area (Å²) in [5.41, 5.74) is -1.06. The number of ether oxygens (including phenoxy) is 3. The zero-order chi connectivity index (χ0) is 31.4. The summed E-state index contributed by atoms with van der Waals surface area (Å²) in [5, 5.41) is 42.2. The maximum atomic E-state index is 12.2. The SMILES string of the molecule is CC(C)(C)OCC(O)CN1CCN(C(=O)OC(C)(C)C)C[C@H]1CO.CC(C)(C)OCC(O)CN1CCNC[C@H]1CO.Cl. The van der Waals surface area contributed by atoms with Crippen LogP contribution in [0, 0.1) is 0 Å². The summed E-state index contributed by atoms with van der Waals surface area (Å²) in [6.45, 7) is 22.9. The highest BCUT2D eigenvalue weighted by Crippen LogP contribution is 2.16. The van der Waals surface area contributed by atoms with Crippen molar-refractivity contribution in [3.8, 4) is 0 Å². The number of nitrogens with one attached hydrogen (secondary N) is 1. The predicted molar refractivity (Wildman–Crippen MR) is 166 cm³/mol. The molecule has 2 aliphatic heterocycles. The maximum absolute atomic E-state index is 12.2. The monoisotopic (exact) mass is 628 g/mol. The second-order valence-electron chi connectivity index (χ2n) is 13.9. The second kappa shape index (κ2) is 18.9. The Hall–Kier alpha value is -0.800. The molecule has 0 radical (unpaired) electrons. The van der Waals surface area contributed by atoms with Crippen molar-refractivity contribution in [1.29, 1.82) is 0 Å². The van der Waals surface area contributed by atoms with Crippen molar-refractivity contribution < 1.29 is 39.4 Å². The van der Waals surface area contributed by atoms with Gasteiger partial charge in [0.25, 0.3) is 0 Å². The van der Waals surface area contributed by atoms with Crippen LogP contribution in [0.5, 0.6) is 0 Å². The first-order valence-electron chi connectivity index (χ1n) is 14.9. The molecule has 42 heavy (non-hydrogen) atoms. The number of β-amino-alcohol motifs (C(OH)–C–C–N with tert-alkyl or cyclic N) is 2. The van der Waals surface area contributed by atoms with E-state index in [0.29, 0.717) is 39.3 Å². The number of amides is 1. The van der Waals surface area contributed by atoms with Crippen molar-refractivity contribution in [3.05, 3.63) is 0 Å². The molecule has 2 aliphatic rings. The summed E-state index contributed by atoms with van der Waals surface area (Å²) in [5.74, 6) is 0. The lowest BCUT2D eigenvalue weighted by Gasteiger charge is -2.41. The van der Waals surface area contributed by atoms with Gasteiger partial charge in [-0.25, -0.2) is 4.79 Å². The number of piperazine rings is 2. The molecule has 4 atom stereocenters. The van der Waals surface area contributed by atoms with E-state index < -0.39 is 17.8 Å². The average molecular weight is 629 g/mol. The van der Waals surface area contributed by atoms with Crippen molar-refractivity contribution in [1.82, 2.24) is 20.0 Å². The molecule has 2 fully saturated rings. The summed E-state index contributed by atoms with van der Waals surface area (Å²) in [6, 6.07) is -0.108. The highest BCUT2D eigenvalue weighted by atomic mass is 35.5. The Morgan fingerprint density at radius 1 is 0.786 bits per heavy atom. The number of rotatable bonds is 10. The third-order valence-electron chi connectivity index (χ3n) is 6.46. The minimum atomic E-state index is -0.633. The van der Waals surface area contributed by atoms with E-state index in [1.165, 1.54) is 0 Å². The summed E-state index contributed by atoms with van der Waals surface area (Å²) in [4.78, 5) is 17.9. The van der Waals surface area contributed by atoms with Crippen LogP contribution in [0.1, 0.15) is 62.3 Å². The van der Waals surface area contributed by atoms with Gasteiger partial charge in [0.2, 0.25) is 0 Å². The molecule has 0 bridgehead atoms. The van der Waals surface area contributed by atoms with Crippen molar-refractivity contribution >= 4 is 18.5 Å². The van der Waals surface area contributed by atoms with E-state index in [1.54, 1.807) is 4.90 Å². The minimum Gasteiger partial charge on any atom is -0.444 e. The molecule has 2 saturated heterocycles. The Balaban J connectivity index is 0.000000825. The van der Waals surface area contributed by atoms with E-state index >= 15 is 0 Å². The zero-order valence-electron chi connectivity index (χ0n) is 27.5. The average Bonchev–Trinajstić information content (AvgIpc) is 2.85. The Morgan fingerprint density at radius 2 is 1.26 bits per heavy atom. The summed E-state index contributed by atoms with van der Waals surface area (Å²) < 4.78 is 16.5. The van der Waals surface area contributed by atoms with Crippen LogP contribution >= 0.6 is 12.4 Å². The Kier molecular flexibility index (Phi) is 18.5. The first kappa shape index (κ1) is 41.2. The number of hydrogen-bond acceptors (Lipinski definition) is 11. The summed E-state index contributed by atoms with van der Waals surface area (Å²) in [7, 11) is 0. The number of halogens is 1. The summed E-state index contributed by atoms with van der Waals surface area (Å²) >= 11 is 0. The molecule has 0 saturated carbocycles. The molecular formula is C29H61ClN4O8. The van der Waals surface area contributed by atoms with E-state index in [0.717, 1.165) is 19.6 Å². The van der Waals surface area contributed by atoms with Gasteiger partial charge in [-0.05, 0) is 62.3 Å². The van der Waals surface area contributed by atoms with Crippen LogP contribution in [0.15, 0.2) is 0 Å². The van der Waals surface area contributed by atoms with Crippen molar-refractivity contribution in [3.63, 3.8) is 0 Å². The van der Waals surface area contributed by atoms with Gasteiger partial charge in [0, 0.05) is 58.4 Å². The molecule has 0 aromatic heterocycles. The number of carbonyl (C=O) groups excluding carboxylic acids is 1. The highest BCUT2D eigenvalue weighted by Gasteiger charge is 2.32. The quantitative estimate of drug-likeness (QED) is 0.235. The molecule has 0 aliphatic carbocycles. The standard InChI is InChI=1S/C17H34N2O5.C12H26N2O3.ClH/c1-16(2,3)23-12-14(21)10-18-7-8-19(9-13(18)11-20)15(22)24-17(4,5)6;1-12(2,3)17-9-11(16)7-14-5-4-13-6-10(14)8-15;/h13-14,20-21H,7-12H2,1-6H3;10-11,13,15-16H,4-9H2,1-3H3;1H/t13-,14?;10-,11?;/m00./s1. The molecule has 0 aromatic rings. The molecule has 0 aromatic carbocycles. The molecule has 252 valence electrons. The molecule has 0 spiro atoms. The molecule has 1 amide bonds. The Morgan fingerprint density at radius 3 is 1.69 bits per heavy atom. The maximum Gasteiger partial charge on any atom is 0.410 e. The van der Waals surface area contributed by atoms with Crippen molar-refractivity contribution in [2.24, 2.45) is 0 Å². The smallest absolute Gasteiger partial charge is 0.410 e. The van der Waals surface area contributed by atoms with E-state index in [-0.39, 0.29) is 61.6 Å². The normalized spacial score (nSPS) is 22.5. The molecule has 13 heteroatoms. The molecule has 2 rings (SSSR count). The van der Waals surface area contributed by atoms with E-state index in [9.17, 15) is 25.2 Å². The van der Waals surface area contributed by atoms with Gasteiger partial charge in [0.1, 0.15) is 5.60 Å². The van der Waals surface area contributed by atoms with Gasteiger partial charge in [-0.3, -0.25) is 9.80 Å². The molecule has 12 nitrogen and oxygen atoms in total. The van der Waals surface area contributed by atoms with Gasteiger partial charge in [-0.2, -0.15) is 0 Å². The number of hydrogen-bond donors (Lipinski definition) is 5. The fraction of sp³-hybridized carbons (Fsp3) is 0.966. The summed E-state index contributed by atoms with van der Waals surface area (Å²) in [6.07, 6.45) is -1.50. The number of carbonyl (C=O) groups is 1. The largest absolute Gasteiger partial charge is 0.444 e. The lowest BCUT2D eigenvalue weighted by atomic mass is 10.1. The van der Waals surface area contributed by atoms with Crippen molar-refractivity contribution in [2.45, 2.75) is 103 Å². The van der Waals surface area contributed by atoms with Crippen LogP contribution in [0.2, 0.25) is 0 Å². The molecule has 5 N–H and O–H groups in total. The fourth-order valence-electron chi connectivity index (χ4n) is 4.36. The minimum absolute atomic E-state index is 0. The van der Waals surface area contributed by atoms with Gasteiger partial charge >= 0.3 is 6.09 Å². The number of aliphatic hydroxyl groups excluding tert-OH is 4. The lowest BCUT2D eigenvalue weighted by Crippen LogP contribution is -2.58. The lowest BCUT2D eigenvalue weighted by molar-refractivity contribution is -0.0674. The highest BCUT2D eigenvalue weighted by molar-refractivity contribution is 5.85. The van der Waals surface area contributed by atoms with E-state index in [1.807, 2.05) is 67.2 Å². The van der Waals surface area contributed by atoms with Crippen LogP contribution in [-0.4, -0.2) is 161 Å². The van der Waals surface area contributed by atoms with E-state index in [2.05, 4.69) is 10.2 Å². The number of nitrogens with zero attached hydrogens (tertiary/aromatic N) is 3. The van der Waals surface area contributed by atoms with Crippen LogP contribution in [0.25, 0.3) is 0 Å². The number of aliphatic hydroxyl groups is 4. The van der Waals surface area contributed by atoms with Gasteiger partial charge in [0.05, 0.1) is 55.9 Å². The first-order chi connectivity index (χ1) is 18.8. The molecule has 2 heterocycles. The van der Waals surface area contributed by atoms with Gasteiger partial charge in [-0.1, -0.05) is 0 Å². The van der Waals surface area contributed by atoms with Gasteiger partial charge in [0.15, 0.2) is 0 Å². The van der Waals surface area contributed by atoms with Crippen molar-refractivity contribution in [2.75, 3.05) is 78.8 Å². The first-order valence-corrected chi connectivity index (χ1v) is 14.9. The Bertz CT molecular complexity index is 745. The zero-order valence-corrected chi connectivity index (χ0v) is 28.3. The van der Waals surface area contributed by atoms with Gasteiger partial charge < -0.3 is 44.9 Å². The fourth-order valence-corrected chi connectivity index (χ4v) is 4.36. The third-order valence-corrected chi connectivity index (χ3v) is 6.46. The van der Waals surface area contributed by atoms with Crippen LogP contribution in [0.3, 0.4) is 0 Å². The van der Waals surface area contributed by atoms with Crippen LogP contribution in [0.4, 0.5) is 4.79 Å². The van der Waals surface area contributed by atoms with E-state index in [4.69, 9.17) is 14.2 Å². The second-order valence-corrected chi connectivity index (χ2v) is 13.9. The Labute approximate surface area is 260 Å². The molecular weight excluding hydrogens is 568 g/mol. The van der Waals surface area contributed by atoms with Crippen LogP contribution in [-0.2, 0) is 14.2 Å².